The molecule has 0 saturated heterocycles. The Morgan fingerprint density at radius 3 is 2.38 bits per heavy atom. The van der Waals surface area contributed by atoms with Crippen LogP contribution in [0.2, 0.25) is 0 Å². The molecule has 1 N–H and O–H groups in total. The number of rotatable bonds is 6. The molecule has 1 heterocycles. The van der Waals surface area contributed by atoms with Crippen LogP contribution in [-0.4, -0.2) is 23.9 Å². The number of benzene rings is 3. The van der Waals surface area contributed by atoms with Crippen LogP contribution in [0.25, 0.3) is 6.08 Å². The van der Waals surface area contributed by atoms with E-state index in [1.807, 2.05) is 55.5 Å². The number of hydrogen-bond acceptors (Lipinski definition) is 4. The number of carbonyl (C=O) groups excluding carboxylic acids is 2. The number of amides is 1. The zero-order valence-corrected chi connectivity index (χ0v) is 17.9. The Balaban J connectivity index is 1.79. The van der Waals surface area contributed by atoms with Gasteiger partial charge in [0.1, 0.15) is 5.75 Å². The fraction of sp³-hybridized carbons (Fsp3) is 0.111. The number of carbonyl (C=O) groups is 2. The van der Waals surface area contributed by atoms with E-state index in [9.17, 15) is 14.7 Å². The number of ketones is 1. The summed E-state index contributed by atoms with van der Waals surface area (Å²) >= 11 is 0. The number of aliphatic hydroxyl groups excluding tert-OH is 1. The number of aryl methyl sites for hydroxylation is 1. The standard InChI is InChI=1S/C27H23NO4/c1-18-7-6-10-21(17-18)28-25(20-12-14-22(32-2)15-13-20)24(26(30)27(28)31)23(29)16-11-19-8-4-3-5-9-19/h3-17,25,30H,1-2H3/t25-/m1/s1. The number of ether oxygens (including phenoxy) is 1. The molecule has 0 radical (unpaired) electrons. The van der Waals surface area contributed by atoms with Gasteiger partial charge in [-0.15, -0.1) is 0 Å². The summed E-state index contributed by atoms with van der Waals surface area (Å²) in [6, 6.07) is 23.2. The third kappa shape index (κ3) is 4.05. The van der Waals surface area contributed by atoms with Crippen LogP contribution in [0.1, 0.15) is 22.7 Å². The van der Waals surface area contributed by atoms with Crippen molar-refractivity contribution in [2.24, 2.45) is 0 Å². The van der Waals surface area contributed by atoms with Gasteiger partial charge in [0.15, 0.2) is 11.5 Å². The summed E-state index contributed by atoms with van der Waals surface area (Å²) in [6.45, 7) is 1.92. The number of hydrogen-bond donors (Lipinski definition) is 1. The smallest absolute Gasteiger partial charge is 0.294 e. The molecular formula is C27H23NO4. The summed E-state index contributed by atoms with van der Waals surface area (Å²) in [5, 5.41) is 10.8. The summed E-state index contributed by atoms with van der Waals surface area (Å²) in [7, 11) is 1.57. The van der Waals surface area contributed by atoms with Crippen LogP contribution in [0.4, 0.5) is 5.69 Å². The molecule has 160 valence electrons. The van der Waals surface area contributed by atoms with Crippen molar-refractivity contribution in [1.82, 2.24) is 0 Å². The second-order valence-electron chi connectivity index (χ2n) is 7.56. The molecular weight excluding hydrogens is 402 g/mol. The highest BCUT2D eigenvalue weighted by atomic mass is 16.5. The first kappa shape index (κ1) is 21.1. The second-order valence-corrected chi connectivity index (χ2v) is 7.56. The highest BCUT2D eigenvalue weighted by Gasteiger charge is 2.43. The van der Waals surface area contributed by atoms with Gasteiger partial charge in [-0.25, -0.2) is 0 Å². The minimum Gasteiger partial charge on any atom is -0.503 e. The maximum atomic E-state index is 13.2. The van der Waals surface area contributed by atoms with Gasteiger partial charge in [0.2, 0.25) is 0 Å². The predicted octanol–water partition coefficient (Wildman–Crippen LogP) is 5.19. The lowest BCUT2D eigenvalue weighted by molar-refractivity contribution is -0.117. The minimum absolute atomic E-state index is 0.0499. The van der Waals surface area contributed by atoms with Crippen LogP contribution in [-0.2, 0) is 9.59 Å². The molecule has 32 heavy (non-hydrogen) atoms. The van der Waals surface area contributed by atoms with Gasteiger partial charge in [-0.2, -0.15) is 0 Å². The number of nitrogens with zero attached hydrogens (tertiary/aromatic N) is 1. The van der Waals surface area contributed by atoms with Crippen LogP contribution in [0.3, 0.4) is 0 Å². The van der Waals surface area contributed by atoms with Crippen molar-refractivity contribution in [2.75, 3.05) is 12.0 Å². The normalized spacial score (nSPS) is 16.1. The molecule has 0 spiro atoms. The molecule has 5 nitrogen and oxygen atoms in total. The quantitative estimate of drug-likeness (QED) is 0.552. The van der Waals surface area contributed by atoms with Crippen LogP contribution in [0.5, 0.6) is 5.75 Å². The van der Waals surface area contributed by atoms with Gasteiger partial charge < -0.3 is 9.84 Å². The first-order valence-corrected chi connectivity index (χ1v) is 10.2. The number of allylic oxidation sites excluding steroid dienone is 1. The Morgan fingerprint density at radius 1 is 1.00 bits per heavy atom. The lowest BCUT2D eigenvalue weighted by Gasteiger charge is -2.27. The lowest BCUT2D eigenvalue weighted by Crippen LogP contribution is -2.30. The van der Waals surface area contributed by atoms with E-state index in [2.05, 4.69) is 0 Å². The predicted molar refractivity (Wildman–Crippen MR) is 125 cm³/mol. The van der Waals surface area contributed by atoms with Crippen LogP contribution in [0.15, 0.2) is 96.3 Å². The van der Waals surface area contributed by atoms with Gasteiger partial charge in [-0.3, -0.25) is 14.5 Å². The fourth-order valence-corrected chi connectivity index (χ4v) is 3.83. The number of methoxy groups -OCH3 is 1. The van der Waals surface area contributed by atoms with Crippen LogP contribution < -0.4 is 9.64 Å². The molecule has 0 fully saturated rings. The molecule has 1 aliphatic heterocycles. The molecule has 5 heteroatoms. The van der Waals surface area contributed by atoms with Crippen molar-refractivity contribution >= 4 is 23.5 Å². The number of aliphatic hydroxyl groups is 1. The monoisotopic (exact) mass is 425 g/mol. The van der Waals surface area contributed by atoms with Crippen LogP contribution >= 0.6 is 0 Å². The fourth-order valence-electron chi connectivity index (χ4n) is 3.83. The molecule has 0 unspecified atom stereocenters. The summed E-state index contributed by atoms with van der Waals surface area (Å²) in [4.78, 5) is 27.8. The van der Waals surface area contributed by atoms with Crippen molar-refractivity contribution < 1.29 is 19.4 Å². The third-order valence-electron chi connectivity index (χ3n) is 5.41. The molecule has 0 aliphatic carbocycles. The summed E-state index contributed by atoms with van der Waals surface area (Å²) in [6.07, 6.45) is 3.07. The van der Waals surface area contributed by atoms with E-state index in [1.165, 1.54) is 11.0 Å². The molecule has 0 bridgehead atoms. The zero-order chi connectivity index (χ0) is 22.7. The molecule has 1 aliphatic rings. The van der Waals surface area contributed by atoms with Crippen molar-refractivity contribution in [3.8, 4) is 5.75 Å². The van der Waals surface area contributed by atoms with E-state index in [-0.39, 0.29) is 5.57 Å². The Hall–Kier alpha value is -4.12. The summed E-state index contributed by atoms with van der Waals surface area (Å²) in [5.41, 5.74) is 3.17. The maximum absolute atomic E-state index is 13.2. The second kappa shape index (κ2) is 8.94. The number of anilines is 1. The average Bonchev–Trinajstić information content (AvgIpc) is 3.09. The molecule has 3 aromatic rings. The van der Waals surface area contributed by atoms with Gasteiger partial charge >= 0.3 is 0 Å². The van der Waals surface area contributed by atoms with E-state index >= 15 is 0 Å². The van der Waals surface area contributed by atoms with Gasteiger partial charge in [-0.1, -0.05) is 60.7 Å². The van der Waals surface area contributed by atoms with E-state index in [0.717, 1.165) is 11.1 Å². The molecule has 3 aromatic carbocycles. The van der Waals surface area contributed by atoms with Crippen molar-refractivity contribution in [3.05, 3.63) is 113 Å². The highest BCUT2D eigenvalue weighted by molar-refractivity contribution is 6.19. The van der Waals surface area contributed by atoms with E-state index in [0.29, 0.717) is 17.0 Å². The molecule has 4 rings (SSSR count). The molecule has 1 atom stereocenters. The van der Waals surface area contributed by atoms with Gasteiger partial charge in [0.25, 0.3) is 5.91 Å². The van der Waals surface area contributed by atoms with Crippen molar-refractivity contribution in [2.45, 2.75) is 13.0 Å². The first-order valence-electron chi connectivity index (χ1n) is 10.2. The van der Waals surface area contributed by atoms with Crippen LogP contribution in [0, 0.1) is 6.92 Å². The largest absolute Gasteiger partial charge is 0.503 e. The van der Waals surface area contributed by atoms with Gasteiger partial charge in [-0.05, 0) is 54.0 Å². The summed E-state index contributed by atoms with van der Waals surface area (Å²) < 4.78 is 5.24. The SMILES string of the molecule is COc1ccc([C@@H]2C(C(=O)C=Cc3ccccc3)=C(O)C(=O)N2c2cccc(C)c2)cc1. The van der Waals surface area contributed by atoms with Gasteiger partial charge in [0, 0.05) is 5.69 Å². The Labute approximate surface area is 186 Å². The Bertz CT molecular complexity index is 1210. The summed E-state index contributed by atoms with van der Waals surface area (Å²) in [5.74, 6) is -0.899. The van der Waals surface area contributed by atoms with Crippen molar-refractivity contribution in [3.63, 3.8) is 0 Å². The average molecular weight is 425 g/mol. The van der Waals surface area contributed by atoms with E-state index < -0.39 is 23.5 Å². The molecule has 1 amide bonds. The Morgan fingerprint density at radius 2 is 1.72 bits per heavy atom. The minimum atomic E-state index is -0.761. The van der Waals surface area contributed by atoms with E-state index in [4.69, 9.17) is 4.74 Å². The molecule has 0 saturated carbocycles. The first-order chi connectivity index (χ1) is 15.5. The van der Waals surface area contributed by atoms with Crippen molar-refractivity contribution in [1.29, 1.82) is 0 Å². The third-order valence-corrected chi connectivity index (χ3v) is 5.41. The van der Waals surface area contributed by atoms with Gasteiger partial charge in [0.05, 0.1) is 18.7 Å². The maximum Gasteiger partial charge on any atom is 0.294 e. The van der Waals surface area contributed by atoms with E-state index in [1.54, 1.807) is 43.5 Å². The highest BCUT2D eigenvalue weighted by Crippen LogP contribution is 2.41. The Kier molecular flexibility index (Phi) is 5.90. The topological polar surface area (TPSA) is 66.8 Å². The lowest BCUT2D eigenvalue weighted by atomic mass is 9.95. The molecule has 0 aromatic heterocycles. The zero-order valence-electron chi connectivity index (χ0n) is 17.9.